The molecule has 226 valence electrons. The van der Waals surface area contributed by atoms with E-state index in [2.05, 4.69) is 15.0 Å². The molecule has 9 atom stereocenters. The van der Waals surface area contributed by atoms with Crippen LogP contribution in [0.25, 0.3) is 0 Å². The number of rotatable bonds is 11. The number of likely N-dealkylation sites (tertiary alicyclic amines) is 1. The van der Waals surface area contributed by atoms with Gasteiger partial charge in [-0.2, -0.15) is 0 Å². The number of nitrogens with two attached hydrogens (primary N) is 2. The normalized spacial score (nSPS) is 27.8. The minimum Gasteiger partial charge on any atom is -0.479 e. The first-order valence-corrected chi connectivity index (χ1v) is 12.0. The fourth-order valence-electron chi connectivity index (χ4n) is 4.45. The van der Waals surface area contributed by atoms with E-state index in [-0.39, 0.29) is 12.2 Å². The Bertz CT molecular complexity index is 1280. The zero-order chi connectivity index (χ0) is 30.8. The quantitative estimate of drug-likeness (QED) is 0.0863. The third-order valence-electron chi connectivity index (χ3n) is 6.70. The second-order valence-corrected chi connectivity index (χ2v) is 9.28. The number of carbonyl (C=O) groups is 5. The molecule has 3 heterocycles. The number of hydrogen-bond acceptors (Lipinski definition) is 13. The first kappa shape index (κ1) is 31.4. The number of aliphatic hydroxyl groups is 4. The van der Waals surface area contributed by atoms with Crippen molar-refractivity contribution in [2.24, 2.45) is 11.5 Å². The van der Waals surface area contributed by atoms with E-state index < -0.39 is 91.0 Å². The number of amides is 3. The number of hydrogen-bond donors (Lipinski definition) is 9. The van der Waals surface area contributed by atoms with E-state index >= 15 is 0 Å². The van der Waals surface area contributed by atoms with Crippen LogP contribution in [0.15, 0.2) is 22.6 Å². The molecule has 2 fully saturated rings. The molecule has 19 heteroatoms. The summed E-state index contributed by atoms with van der Waals surface area (Å²) >= 11 is 0. The average Bonchev–Trinajstić information content (AvgIpc) is 3.42. The third kappa shape index (κ3) is 6.29. The van der Waals surface area contributed by atoms with Crippen LogP contribution in [0.5, 0.6) is 0 Å². The van der Waals surface area contributed by atoms with Crippen molar-refractivity contribution in [2.75, 3.05) is 13.2 Å². The SMILES string of the molecule is C/C=C1\CN(C(=O)[C@@H](NC(=O)[C@@H](N)[C@H](O)[C@@H](O)COC(N)=O)[C@H]2O[C@@H](n3cc(C=O)[nH]c3=O)[C@H](O)[C@@H]2O)[C@H]1C(=O)O. The van der Waals surface area contributed by atoms with Crippen molar-refractivity contribution >= 4 is 30.2 Å². The number of H-pyrrole nitrogens is 1. The number of aromatic nitrogens is 2. The Balaban J connectivity index is 1.91. The summed E-state index contributed by atoms with van der Waals surface area (Å²) in [6, 6.07) is -5.35. The standard InChI is InChI=1S/C22H30N6O13/c1-2-7-3-27(12(7)20(36)37)18(35)11(26-17(34)10(23)13(31)9(30)6-40-21(24)38)16-14(32)15(33)19(41-16)28-4-8(5-29)25-22(28)39/h2,4-5,9-16,19,30-33H,3,6,23H2,1H3,(H2,24,38)(H,25,39)(H,26,34)(H,36,37)/b7-2+/t9-,10-,11-,12+,13+,14-,15+,16+,19+/m0/s1. The smallest absolute Gasteiger partial charge is 0.404 e. The van der Waals surface area contributed by atoms with Crippen molar-refractivity contribution in [3.05, 3.63) is 34.0 Å². The number of aliphatic hydroxyl groups excluding tert-OH is 4. The number of aliphatic carboxylic acids is 1. The van der Waals surface area contributed by atoms with Gasteiger partial charge in [-0.15, -0.1) is 0 Å². The van der Waals surface area contributed by atoms with Gasteiger partial charge in [0.05, 0.1) is 5.69 Å². The second-order valence-electron chi connectivity index (χ2n) is 9.28. The van der Waals surface area contributed by atoms with Crippen LogP contribution in [0, 0.1) is 0 Å². The third-order valence-corrected chi connectivity index (χ3v) is 6.70. The molecule has 2 aliphatic rings. The predicted molar refractivity (Wildman–Crippen MR) is 131 cm³/mol. The van der Waals surface area contributed by atoms with Crippen molar-refractivity contribution in [3.8, 4) is 0 Å². The van der Waals surface area contributed by atoms with Crippen LogP contribution in [0.1, 0.15) is 23.6 Å². The average molecular weight is 587 g/mol. The second kappa shape index (κ2) is 12.6. The number of carbonyl (C=O) groups excluding carboxylic acids is 4. The number of ether oxygens (including phenoxy) is 2. The van der Waals surface area contributed by atoms with Crippen molar-refractivity contribution in [3.63, 3.8) is 0 Å². The van der Waals surface area contributed by atoms with E-state index in [1.54, 1.807) is 6.92 Å². The van der Waals surface area contributed by atoms with E-state index in [9.17, 15) is 54.3 Å². The van der Waals surface area contributed by atoms with Gasteiger partial charge in [0.1, 0.15) is 49.2 Å². The van der Waals surface area contributed by atoms with Gasteiger partial charge < -0.3 is 61.7 Å². The first-order chi connectivity index (χ1) is 19.2. The molecule has 3 rings (SSSR count). The van der Waals surface area contributed by atoms with E-state index in [1.165, 1.54) is 6.08 Å². The molecule has 41 heavy (non-hydrogen) atoms. The van der Waals surface area contributed by atoms with Crippen LogP contribution >= 0.6 is 0 Å². The highest BCUT2D eigenvalue weighted by Crippen LogP contribution is 2.33. The van der Waals surface area contributed by atoms with Gasteiger partial charge in [0.25, 0.3) is 0 Å². The fraction of sp³-hybridized carbons (Fsp3) is 0.545. The van der Waals surface area contributed by atoms with Crippen LogP contribution in [-0.2, 0) is 23.9 Å². The lowest BCUT2D eigenvalue weighted by atomic mass is 9.92. The molecule has 0 radical (unpaired) electrons. The van der Waals surface area contributed by atoms with Gasteiger partial charge in [-0.3, -0.25) is 19.0 Å². The number of carboxylic acids is 1. The van der Waals surface area contributed by atoms with Crippen molar-refractivity contribution in [1.82, 2.24) is 19.8 Å². The van der Waals surface area contributed by atoms with Gasteiger partial charge in [0.2, 0.25) is 11.8 Å². The highest BCUT2D eigenvalue weighted by molar-refractivity contribution is 5.95. The van der Waals surface area contributed by atoms with Crippen molar-refractivity contribution in [1.29, 1.82) is 0 Å². The van der Waals surface area contributed by atoms with Crippen LogP contribution in [0.4, 0.5) is 4.79 Å². The number of aromatic amines is 1. The zero-order valence-corrected chi connectivity index (χ0v) is 21.4. The molecule has 0 aromatic carbocycles. The molecule has 1 aromatic heterocycles. The molecular weight excluding hydrogens is 556 g/mol. The lowest BCUT2D eigenvalue weighted by molar-refractivity contribution is -0.157. The van der Waals surface area contributed by atoms with Gasteiger partial charge in [-0.25, -0.2) is 14.4 Å². The summed E-state index contributed by atoms with van der Waals surface area (Å²) in [5.74, 6) is -3.80. The van der Waals surface area contributed by atoms with Gasteiger partial charge in [-0.1, -0.05) is 6.08 Å². The summed E-state index contributed by atoms with van der Waals surface area (Å²) in [5.41, 5.74) is 9.74. The Morgan fingerprint density at radius 3 is 2.46 bits per heavy atom. The number of imidazole rings is 1. The monoisotopic (exact) mass is 586 g/mol. The maximum atomic E-state index is 13.5. The Hall–Kier alpha value is -4.14. The molecule has 19 nitrogen and oxygen atoms in total. The van der Waals surface area contributed by atoms with E-state index in [0.717, 1.165) is 15.7 Å². The zero-order valence-electron chi connectivity index (χ0n) is 21.4. The lowest BCUT2D eigenvalue weighted by Crippen LogP contribution is -2.67. The molecule has 2 saturated heterocycles. The fourth-order valence-corrected chi connectivity index (χ4v) is 4.45. The summed E-state index contributed by atoms with van der Waals surface area (Å²) in [6.45, 7) is 0.533. The summed E-state index contributed by atoms with van der Waals surface area (Å²) in [5, 5.41) is 53.3. The van der Waals surface area contributed by atoms with Gasteiger partial charge >= 0.3 is 17.8 Å². The van der Waals surface area contributed by atoms with Gasteiger partial charge in [-0.05, 0) is 12.5 Å². The molecule has 0 saturated carbocycles. The van der Waals surface area contributed by atoms with Crippen LogP contribution < -0.4 is 22.5 Å². The van der Waals surface area contributed by atoms with Crippen LogP contribution in [-0.4, -0.2) is 132 Å². The summed E-state index contributed by atoms with van der Waals surface area (Å²) in [6.07, 6.45) is -9.83. The maximum absolute atomic E-state index is 13.5. The van der Waals surface area contributed by atoms with E-state index in [0.29, 0.717) is 11.9 Å². The number of allylic oxidation sites excluding steroid dienone is 1. The van der Waals surface area contributed by atoms with Crippen molar-refractivity contribution < 1.29 is 59.0 Å². The van der Waals surface area contributed by atoms with Crippen molar-refractivity contribution in [2.45, 2.75) is 61.8 Å². The molecule has 3 amide bonds. The number of primary amides is 1. The van der Waals surface area contributed by atoms with Gasteiger partial charge in [0, 0.05) is 12.7 Å². The number of aldehydes is 1. The summed E-state index contributed by atoms with van der Waals surface area (Å²) in [7, 11) is 0. The molecule has 0 unspecified atom stereocenters. The summed E-state index contributed by atoms with van der Waals surface area (Å²) in [4.78, 5) is 75.4. The molecule has 2 aliphatic heterocycles. The Labute approximate surface area is 229 Å². The van der Waals surface area contributed by atoms with E-state index in [4.69, 9.17) is 16.2 Å². The molecule has 1 aromatic rings. The minimum absolute atomic E-state index is 0.175. The molecule has 0 bridgehead atoms. The highest BCUT2D eigenvalue weighted by atomic mass is 16.6. The van der Waals surface area contributed by atoms with Gasteiger partial charge in [0.15, 0.2) is 18.6 Å². The van der Waals surface area contributed by atoms with E-state index in [1.807, 2.05) is 0 Å². The lowest BCUT2D eigenvalue weighted by Gasteiger charge is -2.43. The Kier molecular flexibility index (Phi) is 9.63. The predicted octanol–water partition coefficient (Wildman–Crippen LogP) is -5.52. The molecule has 0 spiro atoms. The number of nitrogens with zero attached hydrogens (tertiary/aromatic N) is 2. The number of nitrogens with one attached hydrogen (secondary N) is 2. The Morgan fingerprint density at radius 2 is 1.93 bits per heavy atom. The van der Waals surface area contributed by atoms with Crippen LogP contribution in [0.3, 0.4) is 0 Å². The Morgan fingerprint density at radius 1 is 1.27 bits per heavy atom. The topological polar surface area (TPSA) is 310 Å². The number of carboxylic acid groups (broad SMARTS) is 1. The largest absolute Gasteiger partial charge is 0.479 e. The maximum Gasteiger partial charge on any atom is 0.404 e. The molecule has 11 N–H and O–H groups in total. The van der Waals surface area contributed by atoms with Crippen LogP contribution in [0.2, 0.25) is 0 Å². The highest BCUT2D eigenvalue weighted by Gasteiger charge is 2.54. The summed E-state index contributed by atoms with van der Waals surface area (Å²) < 4.78 is 10.7. The molecule has 0 aliphatic carbocycles. The first-order valence-electron chi connectivity index (χ1n) is 12.0. The molecular formula is C22H30N6O13. The minimum atomic E-state index is -2.07.